The van der Waals surface area contributed by atoms with E-state index in [0.717, 1.165) is 23.5 Å². The van der Waals surface area contributed by atoms with E-state index in [0.29, 0.717) is 0 Å². The second-order valence-corrected chi connectivity index (χ2v) is 4.17. The molecule has 0 N–H and O–H groups in total. The van der Waals surface area contributed by atoms with Crippen molar-refractivity contribution in [3.63, 3.8) is 0 Å². The van der Waals surface area contributed by atoms with Crippen LogP contribution in [-0.4, -0.2) is 9.38 Å². The molecule has 0 amide bonds. The maximum Gasteiger partial charge on any atom is 0.156 e. The minimum absolute atomic E-state index is 0.752. The summed E-state index contributed by atoms with van der Waals surface area (Å²) < 4.78 is 2.14. The number of pyridine rings is 1. The molecule has 0 saturated heterocycles. The van der Waals surface area contributed by atoms with Gasteiger partial charge in [-0.2, -0.15) is 0 Å². The summed E-state index contributed by atoms with van der Waals surface area (Å²) in [6.45, 7) is 0. The molecule has 3 heteroatoms. The van der Waals surface area contributed by atoms with E-state index in [2.05, 4.69) is 15.6 Å². The highest BCUT2D eigenvalue weighted by atomic mass is 35.5. The molecule has 2 aromatic rings. The fraction of sp³-hybridized carbons (Fsp3) is 0.364. The number of nitrogens with zero attached hydrogens (tertiary/aromatic N) is 2. The molecular weight excluding hydrogens is 196 g/mol. The molecule has 0 atom stereocenters. The number of hydrogen-bond acceptors (Lipinski definition) is 1. The average Bonchev–Trinajstić information content (AvgIpc) is 2.59. The van der Waals surface area contributed by atoms with Crippen molar-refractivity contribution in [3.05, 3.63) is 34.7 Å². The first-order valence-electron chi connectivity index (χ1n) is 5.00. The summed E-state index contributed by atoms with van der Waals surface area (Å²) >= 11 is 6.09. The summed E-state index contributed by atoms with van der Waals surface area (Å²) in [5.74, 6) is 0. The normalized spacial score (nSPS) is 15.8. The molecule has 0 radical (unpaired) electrons. The molecule has 0 aromatic carbocycles. The van der Waals surface area contributed by atoms with Gasteiger partial charge in [-0.15, -0.1) is 0 Å². The Bertz CT molecular complexity index is 487. The Labute approximate surface area is 87.5 Å². The fourth-order valence-electron chi connectivity index (χ4n) is 2.18. The second-order valence-electron chi connectivity index (χ2n) is 3.76. The minimum atomic E-state index is 0.752. The zero-order valence-corrected chi connectivity index (χ0v) is 8.59. The van der Waals surface area contributed by atoms with Crippen LogP contribution in [0.5, 0.6) is 0 Å². The average molecular weight is 207 g/mol. The fourth-order valence-corrected chi connectivity index (χ4v) is 2.39. The summed E-state index contributed by atoms with van der Waals surface area (Å²) in [4.78, 5) is 4.58. The third kappa shape index (κ3) is 1.07. The first kappa shape index (κ1) is 8.30. The van der Waals surface area contributed by atoms with Gasteiger partial charge in [0, 0.05) is 11.9 Å². The molecule has 2 aromatic heterocycles. The van der Waals surface area contributed by atoms with Crippen LogP contribution in [0.1, 0.15) is 24.2 Å². The number of halogens is 1. The smallest absolute Gasteiger partial charge is 0.156 e. The van der Waals surface area contributed by atoms with Crippen molar-refractivity contribution in [1.82, 2.24) is 9.38 Å². The lowest BCUT2D eigenvalue weighted by molar-refractivity contribution is 0.660. The van der Waals surface area contributed by atoms with E-state index in [-0.39, 0.29) is 0 Å². The summed E-state index contributed by atoms with van der Waals surface area (Å²) in [7, 11) is 0. The van der Waals surface area contributed by atoms with Crippen LogP contribution in [-0.2, 0) is 12.8 Å². The number of fused-ring (bicyclic) bond motifs is 3. The van der Waals surface area contributed by atoms with Crippen molar-refractivity contribution in [2.75, 3.05) is 0 Å². The predicted molar refractivity (Wildman–Crippen MR) is 56.8 cm³/mol. The Morgan fingerprint density at radius 2 is 2.14 bits per heavy atom. The molecule has 0 spiro atoms. The molecule has 2 nitrogen and oxygen atoms in total. The number of aryl methyl sites for hydroxylation is 2. The van der Waals surface area contributed by atoms with Gasteiger partial charge in [0.15, 0.2) is 5.65 Å². The van der Waals surface area contributed by atoms with Crippen LogP contribution < -0.4 is 0 Å². The van der Waals surface area contributed by atoms with E-state index in [9.17, 15) is 0 Å². The predicted octanol–water partition coefficient (Wildman–Crippen LogP) is 2.87. The summed E-state index contributed by atoms with van der Waals surface area (Å²) in [6, 6.07) is 3.88. The molecule has 2 heterocycles. The summed E-state index contributed by atoms with van der Waals surface area (Å²) in [5.41, 5.74) is 3.51. The molecule has 0 bridgehead atoms. The lowest BCUT2D eigenvalue weighted by atomic mass is 10.0. The molecular formula is C11H11ClN2. The maximum absolute atomic E-state index is 6.09. The van der Waals surface area contributed by atoms with Crippen LogP contribution in [0.4, 0.5) is 0 Å². The molecule has 0 aliphatic heterocycles. The van der Waals surface area contributed by atoms with Crippen molar-refractivity contribution < 1.29 is 0 Å². The monoisotopic (exact) mass is 206 g/mol. The van der Waals surface area contributed by atoms with Crippen molar-refractivity contribution in [1.29, 1.82) is 0 Å². The van der Waals surface area contributed by atoms with Gasteiger partial charge in [-0.3, -0.25) is 0 Å². The van der Waals surface area contributed by atoms with Gasteiger partial charge in [-0.25, -0.2) is 4.98 Å². The largest absolute Gasteiger partial charge is 0.303 e. The van der Waals surface area contributed by atoms with Gasteiger partial charge in [0.25, 0.3) is 0 Å². The second kappa shape index (κ2) is 2.99. The van der Waals surface area contributed by atoms with Gasteiger partial charge in [0.1, 0.15) is 0 Å². The molecule has 14 heavy (non-hydrogen) atoms. The lowest BCUT2D eigenvalue weighted by Crippen LogP contribution is -2.03. The highest BCUT2D eigenvalue weighted by Crippen LogP contribution is 2.25. The van der Waals surface area contributed by atoms with Crippen molar-refractivity contribution >= 4 is 17.2 Å². The van der Waals surface area contributed by atoms with Crippen LogP contribution in [0.25, 0.3) is 5.65 Å². The molecule has 1 aliphatic rings. The maximum atomic E-state index is 6.09. The third-order valence-corrected chi connectivity index (χ3v) is 3.16. The topological polar surface area (TPSA) is 17.3 Å². The van der Waals surface area contributed by atoms with Crippen LogP contribution in [0.15, 0.2) is 18.3 Å². The Morgan fingerprint density at radius 3 is 3.07 bits per heavy atom. The van der Waals surface area contributed by atoms with Gasteiger partial charge in [0.05, 0.1) is 10.7 Å². The molecule has 0 unspecified atom stereocenters. The van der Waals surface area contributed by atoms with Crippen LogP contribution in [0, 0.1) is 0 Å². The molecule has 0 fully saturated rings. The third-order valence-electron chi connectivity index (χ3n) is 2.86. The van der Waals surface area contributed by atoms with E-state index < -0.39 is 0 Å². The number of rotatable bonds is 0. The van der Waals surface area contributed by atoms with Gasteiger partial charge >= 0.3 is 0 Å². The highest BCUT2D eigenvalue weighted by molar-refractivity contribution is 6.33. The first-order chi connectivity index (χ1) is 6.86. The summed E-state index contributed by atoms with van der Waals surface area (Å²) in [6.07, 6.45) is 6.82. The first-order valence-corrected chi connectivity index (χ1v) is 5.38. The molecule has 0 saturated carbocycles. The van der Waals surface area contributed by atoms with Crippen molar-refractivity contribution in [2.45, 2.75) is 25.7 Å². The highest BCUT2D eigenvalue weighted by Gasteiger charge is 2.16. The Kier molecular flexibility index (Phi) is 1.77. The van der Waals surface area contributed by atoms with E-state index in [4.69, 9.17) is 11.6 Å². The standard InChI is InChI=1S/C11H11ClN2/c12-8-4-3-7-14-10-6-2-1-5-9(10)13-11(8)14/h3-4,7H,1-2,5-6H2. The van der Waals surface area contributed by atoms with E-state index in [1.165, 1.54) is 24.2 Å². The van der Waals surface area contributed by atoms with Crippen LogP contribution >= 0.6 is 11.6 Å². The van der Waals surface area contributed by atoms with Crippen molar-refractivity contribution in [3.8, 4) is 0 Å². The van der Waals surface area contributed by atoms with Gasteiger partial charge < -0.3 is 4.40 Å². The van der Waals surface area contributed by atoms with Gasteiger partial charge in [-0.1, -0.05) is 11.6 Å². The zero-order chi connectivity index (χ0) is 9.54. The Balaban J connectivity index is 2.36. The molecule has 3 rings (SSSR count). The van der Waals surface area contributed by atoms with Crippen molar-refractivity contribution in [2.24, 2.45) is 0 Å². The molecule has 1 aliphatic carbocycles. The SMILES string of the molecule is Clc1cccn2c3c(nc12)CCCC3. The number of hydrogen-bond donors (Lipinski definition) is 0. The minimum Gasteiger partial charge on any atom is -0.303 e. The van der Waals surface area contributed by atoms with Crippen LogP contribution in [0.3, 0.4) is 0 Å². The van der Waals surface area contributed by atoms with Gasteiger partial charge in [-0.05, 0) is 37.8 Å². The summed E-state index contributed by atoms with van der Waals surface area (Å²) in [5, 5.41) is 0.752. The van der Waals surface area contributed by atoms with E-state index >= 15 is 0 Å². The zero-order valence-electron chi connectivity index (χ0n) is 7.83. The molecule has 72 valence electrons. The van der Waals surface area contributed by atoms with Crippen LogP contribution in [0.2, 0.25) is 5.02 Å². The van der Waals surface area contributed by atoms with E-state index in [1.807, 2.05) is 12.1 Å². The number of aromatic nitrogens is 2. The Morgan fingerprint density at radius 1 is 1.29 bits per heavy atom. The van der Waals surface area contributed by atoms with Gasteiger partial charge in [0.2, 0.25) is 0 Å². The Hall–Kier alpha value is -1.02. The number of imidazole rings is 1. The lowest BCUT2D eigenvalue weighted by Gasteiger charge is -2.09. The quantitative estimate of drug-likeness (QED) is 0.648. The van der Waals surface area contributed by atoms with E-state index in [1.54, 1.807) is 0 Å².